The molecule has 7 heteroatoms. The first-order chi connectivity index (χ1) is 14.2. The summed E-state index contributed by atoms with van der Waals surface area (Å²) in [5.41, 5.74) is 2.29. The lowest BCUT2D eigenvalue weighted by atomic mass is 10.1. The summed E-state index contributed by atoms with van der Waals surface area (Å²) < 4.78 is 6.78. The van der Waals surface area contributed by atoms with Crippen LogP contribution in [0.15, 0.2) is 65.1 Å². The first-order valence-electron chi connectivity index (χ1n) is 9.70. The molecule has 0 radical (unpaired) electrons. The number of nitrogens with zero attached hydrogens (tertiary/aromatic N) is 3. The minimum Gasteiger partial charge on any atom is -0.492 e. The van der Waals surface area contributed by atoms with Crippen LogP contribution in [0.5, 0.6) is 5.75 Å². The maximum absolute atomic E-state index is 12.8. The predicted molar refractivity (Wildman–Crippen MR) is 116 cm³/mol. The second-order valence-electron chi connectivity index (χ2n) is 6.97. The second kappa shape index (κ2) is 9.24. The quantitative estimate of drug-likeness (QED) is 0.616. The fourth-order valence-corrected chi connectivity index (χ4v) is 3.62. The number of piperazine rings is 1. The lowest BCUT2D eigenvalue weighted by Crippen LogP contribution is -2.49. The number of aromatic amines is 1. The number of hydrogen-bond donors (Lipinski definition) is 1. The highest BCUT2D eigenvalue weighted by Gasteiger charge is 2.23. The molecule has 1 aliphatic heterocycles. The number of H-pyrrole nitrogens is 1. The average Bonchev–Trinajstić information content (AvgIpc) is 3.25. The Balaban J connectivity index is 1.26. The zero-order valence-electron chi connectivity index (χ0n) is 16.1. The molecule has 0 bridgehead atoms. The number of hydrogen-bond acceptors (Lipinski definition) is 4. The molecular formula is C22H23BrN4O2. The summed E-state index contributed by atoms with van der Waals surface area (Å²) in [6, 6.07) is 19.5. The van der Waals surface area contributed by atoms with E-state index in [1.54, 1.807) is 0 Å². The van der Waals surface area contributed by atoms with Gasteiger partial charge in [0.2, 0.25) is 0 Å². The molecule has 0 aliphatic carbocycles. The van der Waals surface area contributed by atoms with Crippen molar-refractivity contribution in [2.75, 3.05) is 39.3 Å². The van der Waals surface area contributed by atoms with Crippen molar-refractivity contribution in [3.63, 3.8) is 0 Å². The number of carbonyl (C=O) groups is 1. The fraction of sp³-hybridized carbons (Fsp3) is 0.273. The average molecular weight is 455 g/mol. The van der Waals surface area contributed by atoms with Crippen molar-refractivity contribution in [3.05, 3.63) is 70.8 Å². The molecule has 0 atom stereocenters. The van der Waals surface area contributed by atoms with Crippen LogP contribution in [-0.2, 0) is 0 Å². The molecule has 1 fully saturated rings. The van der Waals surface area contributed by atoms with E-state index in [4.69, 9.17) is 4.74 Å². The van der Waals surface area contributed by atoms with Gasteiger partial charge in [-0.2, -0.15) is 5.10 Å². The molecule has 1 aliphatic rings. The van der Waals surface area contributed by atoms with Crippen LogP contribution in [0.1, 0.15) is 10.5 Å². The van der Waals surface area contributed by atoms with Gasteiger partial charge in [0.25, 0.3) is 5.91 Å². The summed E-state index contributed by atoms with van der Waals surface area (Å²) in [6.07, 6.45) is 0. The topological polar surface area (TPSA) is 61.5 Å². The molecule has 1 aromatic heterocycles. The van der Waals surface area contributed by atoms with E-state index in [0.29, 0.717) is 25.4 Å². The van der Waals surface area contributed by atoms with Crippen molar-refractivity contribution in [1.29, 1.82) is 0 Å². The summed E-state index contributed by atoms with van der Waals surface area (Å²) in [5.74, 6) is 0.892. The number of amides is 1. The summed E-state index contributed by atoms with van der Waals surface area (Å²) in [4.78, 5) is 17.0. The molecular weight excluding hydrogens is 432 g/mol. The molecule has 1 amide bonds. The number of aromatic nitrogens is 2. The zero-order valence-corrected chi connectivity index (χ0v) is 17.6. The molecule has 2 aromatic carbocycles. The molecule has 0 unspecified atom stereocenters. The summed E-state index contributed by atoms with van der Waals surface area (Å²) in [7, 11) is 0. The van der Waals surface area contributed by atoms with Gasteiger partial charge in [-0.1, -0.05) is 46.3 Å². The first-order valence-corrected chi connectivity index (χ1v) is 10.5. The molecule has 0 spiro atoms. The number of nitrogens with one attached hydrogen (secondary N) is 1. The van der Waals surface area contributed by atoms with Gasteiger partial charge < -0.3 is 9.64 Å². The zero-order chi connectivity index (χ0) is 20.1. The minimum absolute atomic E-state index is 0.000970. The Bertz CT molecular complexity index is 935. The van der Waals surface area contributed by atoms with E-state index < -0.39 is 0 Å². The van der Waals surface area contributed by atoms with Crippen LogP contribution in [0.4, 0.5) is 0 Å². The van der Waals surface area contributed by atoms with E-state index >= 15 is 0 Å². The highest BCUT2D eigenvalue weighted by atomic mass is 79.9. The normalized spacial score (nSPS) is 14.7. The number of rotatable bonds is 6. The maximum Gasteiger partial charge on any atom is 0.271 e. The molecule has 6 nitrogen and oxygen atoms in total. The summed E-state index contributed by atoms with van der Waals surface area (Å²) >= 11 is 3.43. The molecule has 1 N–H and O–H groups in total. The Morgan fingerprint density at radius 3 is 2.48 bits per heavy atom. The van der Waals surface area contributed by atoms with E-state index in [9.17, 15) is 4.79 Å². The number of ether oxygens (including phenoxy) is 1. The minimum atomic E-state index is 0.000970. The number of benzene rings is 2. The van der Waals surface area contributed by atoms with Crippen LogP contribution in [0.25, 0.3) is 11.3 Å². The number of para-hydroxylation sites is 1. The van der Waals surface area contributed by atoms with Crippen LogP contribution in [0, 0.1) is 0 Å². The standard InChI is InChI=1S/C22H23BrN4O2/c23-18-8-6-17(7-9-18)20-16-21(25-24-20)22(28)27-12-10-26(11-13-27)14-15-29-19-4-2-1-3-5-19/h1-9,16H,10-15H2,(H,24,25). The van der Waals surface area contributed by atoms with Crippen LogP contribution in [0.3, 0.4) is 0 Å². The molecule has 3 aromatic rings. The highest BCUT2D eigenvalue weighted by molar-refractivity contribution is 9.10. The van der Waals surface area contributed by atoms with Crippen molar-refractivity contribution in [2.24, 2.45) is 0 Å². The predicted octanol–water partition coefficient (Wildman–Crippen LogP) is 3.68. The molecule has 2 heterocycles. The molecule has 4 rings (SSSR count). The van der Waals surface area contributed by atoms with Gasteiger partial charge in [0.05, 0.1) is 5.69 Å². The van der Waals surface area contributed by atoms with Crippen LogP contribution in [-0.4, -0.2) is 65.2 Å². The molecule has 1 saturated heterocycles. The number of carbonyl (C=O) groups excluding carboxylic acids is 1. The van der Waals surface area contributed by atoms with E-state index in [2.05, 4.69) is 31.0 Å². The van der Waals surface area contributed by atoms with E-state index in [1.165, 1.54) is 0 Å². The van der Waals surface area contributed by atoms with Crippen LogP contribution >= 0.6 is 15.9 Å². The van der Waals surface area contributed by atoms with Crippen molar-refractivity contribution in [1.82, 2.24) is 20.0 Å². The van der Waals surface area contributed by atoms with Crippen molar-refractivity contribution >= 4 is 21.8 Å². The Morgan fingerprint density at radius 2 is 1.76 bits per heavy atom. The Hall–Kier alpha value is -2.64. The van der Waals surface area contributed by atoms with Crippen molar-refractivity contribution < 1.29 is 9.53 Å². The highest BCUT2D eigenvalue weighted by Crippen LogP contribution is 2.21. The molecule has 29 heavy (non-hydrogen) atoms. The van der Waals surface area contributed by atoms with Gasteiger partial charge in [-0.25, -0.2) is 0 Å². The Kier molecular flexibility index (Phi) is 6.27. The maximum atomic E-state index is 12.8. The van der Waals surface area contributed by atoms with Gasteiger partial charge in [-0.15, -0.1) is 0 Å². The third-order valence-corrected chi connectivity index (χ3v) is 5.56. The Morgan fingerprint density at radius 1 is 1.03 bits per heavy atom. The third-order valence-electron chi connectivity index (χ3n) is 5.03. The molecule has 0 saturated carbocycles. The van der Waals surface area contributed by atoms with E-state index in [0.717, 1.165) is 41.1 Å². The monoisotopic (exact) mass is 454 g/mol. The first kappa shape index (κ1) is 19.7. The van der Waals surface area contributed by atoms with Crippen LogP contribution in [0.2, 0.25) is 0 Å². The van der Waals surface area contributed by atoms with Gasteiger partial charge in [0, 0.05) is 42.8 Å². The van der Waals surface area contributed by atoms with Crippen molar-refractivity contribution in [2.45, 2.75) is 0 Å². The largest absolute Gasteiger partial charge is 0.492 e. The van der Waals surface area contributed by atoms with E-state index in [1.807, 2.05) is 65.6 Å². The smallest absolute Gasteiger partial charge is 0.271 e. The molecule has 150 valence electrons. The van der Waals surface area contributed by atoms with Gasteiger partial charge >= 0.3 is 0 Å². The number of halogens is 1. The SMILES string of the molecule is O=C(c1cc(-c2ccc(Br)cc2)n[nH]1)N1CCN(CCOc2ccccc2)CC1. The van der Waals surface area contributed by atoms with Gasteiger partial charge in [0.15, 0.2) is 0 Å². The Labute approximate surface area is 178 Å². The van der Waals surface area contributed by atoms with Crippen LogP contribution < -0.4 is 4.74 Å². The lowest BCUT2D eigenvalue weighted by Gasteiger charge is -2.34. The summed E-state index contributed by atoms with van der Waals surface area (Å²) in [6.45, 7) is 4.60. The van der Waals surface area contributed by atoms with E-state index in [-0.39, 0.29) is 5.91 Å². The third kappa shape index (κ3) is 5.05. The lowest BCUT2D eigenvalue weighted by molar-refractivity contribution is 0.0614. The fourth-order valence-electron chi connectivity index (χ4n) is 3.35. The second-order valence-corrected chi connectivity index (χ2v) is 7.88. The van der Waals surface area contributed by atoms with Gasteiger partial charge in [0.1, 0.15) is 18.1 Å². The van der Waals surface area contributed by atoms with Crippen molar-refractivity contribution in [3.8, 4) is 17.0 Å². The van der Waals surface area contributed by atoms with Gasteiger partial charge in [-0.3, -0.25) is 14.8 Å². The van der Waals surface area contributed by atoms with Gasteiger partial charge in [-0.05, 0) is 30.3 Å². The summed E-state index contributed by atoms with van der Waals surface area (Å²) in [5, 5.41) is 7.19.